The molecular formula is C26H26O2. The standard InChI is InChI=1S/C26H26O2/c1-15-11-17(3)25(19(5)23(15)13-27)21-7-9-22(10-8-21)26-18(4)12-16(2)24(14-28)20(26)6/h7-14H,1-6H3. The Balaban J connectivity index is 2.15. The van der Waals surface area contributed by atoms with Gasteiger partial charge in [-0.1, -0.05) is 36.4 Å². The number of carbonyl (C=O) groups is 2. The van der Waals surface area contributed by atoms with E-state index in [2.05, 4.69) is 50.2 Å². The minimum absolute atomic E-state index is 0.769. The first-order valence-corrected chi connectivity index (χ1v) is 9.52. The zero-order valence-corrected chi connectivity index (χ0v) is 17.4. The van der Waals surface area contributed by atoms with Crippen LogP contribution in [0.5, 0.6) is 0 Å². The van der Waals surface area contributed by atoms with Crippen molar-refractivity contribution < 1.29 is 9.59 Å². The predicted molar refractivity (Wildman–Crippen MR) is 117 cm³/mol. The molecule has 0 saturated carbocycles. The van der Waals surface area contributed by atoms with E-state index in [0.717, 1.165) is 68.2 Å². The van der Waals surface area contributed by atoms with Gasteiger partial charge in [-0.25, -0.2) is 0 Å². The largest absolute Gasteiger partial charge is 0.298 e. The Morgan fingerprint density at radius 1 is 0.536 bits per heavy atom. The normalized spacial score (nSPS) is 10.8. The first kappa shape index (κ1) is 19.8. The van der Waals surface area contributed by atoms with E-state index in [9.17, 15) is 9.59 Å². The predicted octanol–water partition coefficient (Wildman–Crippen LogP) is 6.50. The molecule has 0 bridgehead atoms. The van der Waals surface area contributed by atoms with Crippen LogP contribution >= 0.6 is 0 Å². The monoisotopic (exact) mass is 370 g/mol. The van der Waals surface area contributed by atoms with Crippen molar-refractivity contribution in [3.63, 3.8) is 0 Å². The highest BCUT2D eigenvalue weighted by atomic mass is 16.1. The zero-order chi connectivity index (χ0) is 20.6. The van der Waals surface area contributed by atoms with E-state index in [1.807, 2.05) is 27.7 Å². The lowest BCUT2D eigenvalue weighted by Gasteiger charge is -2.17. The molecule has 0 N–H and O–H groups in total. The number of aryl methyl sites for hydroxylation is 4. The third kappa shape index (κ3) is 3.20. The first-order chi connectivity index (χ1) is 13.3. The molecule has 0 atom stereocenters. The molecule has 0 radical (unpaired) electrons. The summed E-state index contributed by atoms with van der Waals surface area (Å²) >= 11 is 0. The molecule has 0 spiro atoms. The first-order valence-electron chi connectivity index (χ1n) is 9.52. The lowest BCUT2D eigenvalue weighted by atomic mass is 9.87. The highest BCUT2D eigenvalue weighted by molar-refractivity contribution is 5.88. The summed E-state index contributed by atoms with van der Waals surface area (Å²) in [4.78, 5) is 23.0. The second kappa shape index (κ2) is 7.55. The molecule has 142 valence electrons. The molecule has 0 aliphatic carbocycles. The van der Waals surface area contributed by atoms with Crippen LogP contribution in [0.1, 0.15) is 54.1 Å². The Labute approximate surface area is 167 Å². The number of benzene rings is 3. The highest BCUT2D eigenvalue weighted by Crippen LogP contribution is 2.35. The van der Waals surface area contributed by atoms with Crippen molar-refractivity contribution in [3.8, 4) is 22.3 Å². The molecule has 3 rings (SSSR count). The van der Waals surface area contributed by atoms with Crippen LogP contribution in [0.2, 0.25) is 0 Å². The Bertz CT molecular complexity index is 998. The van der Waals surface area contributed by atoms with E-state index in [1.54, 1.807) is 0 Å². The summed E-state index contributed by atoms with van der Waals surface area (Å²) < 4.78 is 0. The quantitative estimate of drug-likeness (QED) is 0.491. The van der Waals surface area contributed by atoms with E-state index in [0.29, 0.717) is 0 Å². The average molecular weight is 370 g/mol. The molecule has 2 heteroatoms. The minimum Gasteiger partial charge on any atom is -0.298 e. The van der Waals surface area contributed by atoms with Crippen molar-refractivity contribution in [3.05, 3.63) is 80.9 Å². The molecule has 0 saturated heterocycles. The topological polar surface area (TPSA) is 34.1 Å². The van der Waals surface area contributed by atoms with Crippen molar-refractivity contribution in [2.75, 3.05) is 0 Å². The summed E-state index contributed by atoms with van der Waals surface area (Å²) in [5, 5.41) is 0. The van der Waals surface area contributed by atoms with Gasteiger partial charge in [0.2, 0.25) is 0 Å². The fourth-order valence-corrected chi connectivity index (χ4v) is 4.46. The van der Waals surface area contributed by atoms with Gasteiger partial charge in [0, 0.05) is 11.1 Å². The van der Waals surface area contributed by atoms with Crippen molar-refractivity contribution in [1.82, 2.24) is 0 Å². The molecular weight excluding hydrogens is 344 g/mol. The molecule has 0 aliphatic rings. The van der Waals surface area contributed by atoms with Gasteiger partial charge in [-0.2, -0.15) is 0 Å². The fraction of sp³-hybridized carbons (Fsp3) is 0.231. The third-order valence-corrected chi connectivity index (χ3v) is 5.76. The minimum atomic E-state index is 0.769. The van der Waals surface area contributed by atoms with Crippen molar-refractivity contribution in [2.45, 2.75) is 41.5 Å². The smallest absolute Gasteiger partial charge is 0.150 e. The fourth-order valence-electron chi connectivity index (χ4n) is 4.46. The Morgan fingerprint density at radius 2 is 0.857 bits per heavy atom. The maximum absolute atomic E-state index is 11.5. The summed E-state index contributed by atoms with van der Waals surface area (Å²) in [6.07, 6.45) is 1.89. The number of aldehydes is 2. The van der Waals surface area contributed by atoms with Crippen molar-refractivity contribution in [2.24, 2.45) is 0 Å². The summed E-state index contributed by atoms with van der Waals surface area (Å²) in [7, 11) is 0. The van der Waals surface area contributed by atoms with Gasteiger partial charge in [0.05, 0.1) is 0 Å². The van der Waals surface area contributed by atoms with Crippen LogP contribution in [0, 0.1) is 41.5 Å². The van der Waals surface area contributed by atoms with Gasteiger partial charge >= 0.3 is 0 Å². The molecule has 0 aliphatic heterocycles. The Morgan fingerprint density at radius 3 is 1.14 bits per heavy atom. The molecule has 28 heavy (non-hydrogen) atoms. The third-order valence-electron chi connectivity index (χ3n) is 5.76. The average Bonchev–Trinajstić information content (AvgIpc) is 2.63. The van der Waals surface area contributed by atoms with Gasteiger partial charge in [0.1, 0.15) is 0 Å². The van der Waals surface area contributed by atoms with E-state index in [1.165, 1.54) is 11.1 Å². The van der Waals surface area contributed by atoms with Gasteiger partial charge in [-0.3, -0.25) is 9.59 Å². The molecule has 0 heterocycles. The summed E-state index contributed by atoms with van der Waals surface area (Å²) in [6.45, 7) is 12.1. The van der Waals surface area contributed by atoms with Crippen LogP contribution < -0.4 is 0 Å². The number of carbonyl (C=O) groups excluding carboxylic acids is 2. The van der Waals surface area contributed by atoms with Crippen LogP contribution in [0.3, 0.4) is 0 Å². The van der Waals surface area contributed by atoms with Crippen molar-refractivity contribution in [1.29, 1.82) is 0 Å². The molecule has 3 aromatic rings. The van der Waals surface area contributed by atoms with Crippen LogP contribution in [0.4, 0.5) is 0 Å². The van der Waals surface area contributed by atoms with Crippen LogP contribution in [0.15, 0.2) is 36.4 Å². The maximum atomic E-state index is 11.5. The van der Waals surface area contributed by atoms with Gasteiger partial charge in [-0.05, 0) is 97.2 Å². The highest BCUT2D eigenvalue weighted by Gasteiger charge is 2.15. The maximum Gasteiger partial charge on any atom is 0.150 e. The van der Waals surface area contributed by atoms with Crippen LogP contribution in [0.25, 0.3) is 22.3 Å². The molecule has 0 unspecified atom stereocenters. The lowest BCUT2D eigenvalue weighted by Crippen LogP contribution is -1.99. The lowest BCUT2D eigenvalue weighted by molar-refractivity contribution is 0.111. The zero-order valence-electron chi connectivity index (χ0n) is 17.4. The second-order valence-electron chi connectivity index (χ2n) is 7.66. The van der Waals surface area contributed by atoms with E-state index >= 15 is 0 Å². The number of hydrogen-bond acceptors (Lipinski definition) is 2. The van der Waals surface area contributed by atoms with Gasteiger partial charge in [0.15, 0.2) is 12.6 Å². The Hall–Kier alpha value is -3.00. The van der Waals surface area contributed by atoms with Crippen molar-refractivity contribution >= 4 is 12.6 Å². The van der Waals surface area contributed by atoms with E-state index < -0.39 is 0 Å². The van der Waals surface area contributed by atoms with E-state index in [-0.39, 0.29) is 0 Å². The van der Waals surface area contributed by atoms with Crippen LogP contribution in [-0.4, -0.2) is 12.6 Å². The number of rotatable bonds is 4. The van der Waals surface area contributed by atoms with Gasteiger partial charge in [0.25, 0.3) is 0 Å². The molecule has 2 nitrogen and oxygen atoms in total. The van der Waals surface area contributed by atoms with Gasteiger partial charge in [-0.15, -0.1) is 0 Å². The summed E-state index contributed by atoms with van der Waals surface area (Å²) in [6, 6.07) is 12.6. The second-order valence-corrected chi connectivity index (χ2v) is 7.66. The molecule has 0 aromatic heterocycles. The number of hydrogen-bond donors (Lipinski definition) is 0. The summed E-state index contributed by atoms with van der Waals surface area (Å²) in [5.41, 5.74) is 12.4. The molecule has 0 fully saturated rings. The van der Waals surface area contributed by atoms with E-state index in [4.69, 9.17) is 0 Å². The SMILES string of the molecule is Cc1cc(C)c(-c2ccc(-c3c(C)cc(C)c(C=O)c3C)cc2)c(C)c1C=O. The molecule has 0 amide bonds. The van der Waals surface area contributed by atoms with Crippen LogP contribution in [-0.2, 0) is 0 Å². The molecule has 3 aromatic carbocycles. The summed E-state index contributed by atoms with van der Waals surface area (Å²) in [5.74, 6) is 0. The Kier molecular flexibility index (Phi) is 5.33. The van der Waals surface area contributed by atoms with Gasteiger partial charge < -0.3 is 0 Å².